The highest BCUT2D eigenvalue weighted by Crippen LogP contribution is 2.19. The van der Waals surface area contributed by atoms with Gasteiger partial charge in [0.15, 0.2) is 0 Å². The van der Waals surface area contributed by atoms with Gasteiger partial charge >= 0.3 is 0 Å². The number of carbonyl (C=O) groups excluding carboxylic acids is 1. The number of thioether (sulfide) groups is 1. The smallest absolute Gasteiger partial charge is 0.251 e. The Morgan fingerprint density at radius 1 is 0.966 bits per heavy atom. The van der Waals surface area contributed by atoms with Crippen molar-refractivity contribution in [3.05, 3.63) is 95.6 Å². The predicted octanol–water partition coefficient (Wildman–Crippen LogP) is 5.91. The highest BCUT2D eigenvalue weighted by atomic mass is 32.2. The Balaban J connectivity index is 1.46. The molecule has 0 saturated carbocycles. The third-order valence-electron chi connectivity index (χ3n) is 4.72. The third-order valence-corrected chi connectivity index (χ3v) is 5.69. The van der Waals surface area contributed by atoms with Gasteiger partial charge < -0.3 is 10.1 Å². The van der Waals surface area contributed by atoms with Crippen molar-refractivity contribution in [2.24, 2.45) is 0 Å². The highest BCUT2D eigenvalue weighted by Gasteiger charge is 2.11. The minimum absolute atomic E-state index is 0.0423. The number of nitrogens with one attached hydrogen (secondary N) is 1. The molecular formula is C25H27NO2S. The van der Waals surface area contributed by atoms with Gasteiger partial charge in [0.25, 0.3) is 5.91 Å². The van der Waals surface area contributed by atoms with Gasteiger partial charge in [0.1, 0.15) is 5.75 Å². The summed E-state index contributed by atoms with van der Waals surface area (Å²) in [5.41, 5.74) is 3.03. The van der Waals surface area contributed by atoms with Crippen molar-refractivity contribution >= 4 is 17.7 Å². The number of carbonyl (C=O) groups is 1. The van der Waals surface area contributed by atoms with Crippen molar-refractivity contribution in [2.75, 3.05) is 12.4 Å². The zero-order chi connectivity index (χ0) is 20.5. The van der Waals surface area contributed by atoms with Crippen molar-refractivity contribution < 1.29 is 9.53 Å². The monoisotopic (exact) mass is 405 g/mol. The van der Waals surface area contributed by atoms with Crippen LogP contribution in [0.1, 0.15) is 41.4 Å². The molecule has 0 radical (unpaired) electrons. The first-order valence-corrected chi connectivity index (χ1v) is 10.9. The van der Waals surface area contributed by atoms with Crippen molar-refractivity contribution in [2.45, 2.75) is 31.2 Å². The number of benzene rings is 3. The van der Waals surface area contributed by atoms with E-state index in [1.54, 1.807) is 11.8 Å². The lowest BCUT2D eigenvalue weighted by Crippen LogP contribution is -2.26. The number of rotatable bonds is 9. The van der Waals surface area contributed by atoms with E-state index in [1.165, 1.54) is 10.5 Å². The van der Waals surface area contributed by atoms with Crippen molar-refractivity contribution in [1.29, 1.82) is 0 Å². The van der Waals surface area contributed by atoms with E-state index in [0.717, 1.165) is 23.5 Å². The van der Waals surface area contributed by atoms with Gasteiger partial charge in [-0.3, -0.25) is 4.79 Å². The molecule has 0 spiro atoms. The zero-order valence-electron chi connectivity index (χ0n) is 16.9. The fourth-order valence-electron chi connectivity index (χ4n) is 2.94. The minimum Gasteiger partial charge on any atom is -0.493 e. The van der Waals surface area contributed by atoms with E-state index in [2.05, 4.69) is 48.6 Å². The molecule has 29 heavy (non-hydrogen) atoms. The third kappa shape index (κ3) is 6.40. The standard InChI is InChI=1S/C25H27NO2S/c1-3-20-9-11-21(12-10-20)19(2)26-25(27)22-13-15-23(16-14-22)28-17-18-29-24-7-5-4-6-8-24/h4-16,19H,3,17-18H2,1-2H3,(H,26,27). The molecule has 0 fully saturated rings. The molecule has 0 saturated heterocycles. The normalized spacial score (nSPS) is 11.7. The van der Waals surface area contributed by atoms with Crippen LogP contribution in [0.3, 0.4) is 0 Å². The van der Waals surface area contributed by atoms with E-state index in [1.807, 2.05) is 49.4 Å². The molecule has 1 atom stereocenters. The molecule has 0 aromatic heterocycles. The molecule has 0 aliphatic carbocycles. The Morgan fingerprint density at radius 3 is 2.31 bits per heavy atom. The summed E-state index contributed by atoms with van der Waals surface area (Å²) < 4.78 is 5.78. The van der Waals surface area contributed by atoms with Crippen LogP contribution in [0.25, 0.3) is 0 Å². The van der Waals surface area contributed by atoms with E-state index >= 15 is 0 Å². The first-order valence-electron chi connectivity index (χ1n) is 9.96. The summed E-state index contributed by atoms with van der Waals surface area (Å²) in [5.74, 6) is 1.57. The Labute approximate surface area is 177 Å². The summed E-state index contributed by atoms with van der Waals surface area (Å²) in [6.07, 6.45) is 1.01. The zero-order valence-corrected chi connectivity index (χ0v) is 17.7. The van der Waals surface area contributed by atoms with Gasteiger partial charge in [0, 0.05) is 16.2 Å². The predicted molar refractivity (Wildman–Crippen MR) is 121 cm³/mol. The lowest BCUT2D eigenvalue weighted by molar-refractivity contribution is 0.0940. The Morgan fingerprint density at radius 2 is 1.66 bits per heavy atom. The first-order chi connectivity index (χ1) is 14.2. The first kappa shape index (κ1) is 21.0. The van der Waals surface area contributed by atoms with E-state index in [-0.39, 0.29) is 11.9 Å². The number of hydrogen-bond acceptors (Lipinski definition) is 3. The maximum atomic E-state index is 12.5. The van der Waals surface area contributed by atoms with E-state index in [4.69, 9.17) is 4.74 Å². The number of ether oxygens (including phenoxy) is 1. The summed E-state index contributed by atoms with van der Waals surface area (Å²) >= 11 is 1.77. The maximum absolute atomic E-state index is 12.5. The summed E-state index contributed by atoms with van der Waals surface area (Å²) in [6, 6.07) is 25.9. The van der Waals surface area contributed by atoms with Crippen LogP contribution in [-0.2, 0) is 6.42 Å². The van der Waals surface area contributed by atoms with Crippen molar-refractivity contribution in [3.8, 4) is 5.75 Å². The molecule has 0 bridgehead atoms. The van der Waals surface area contributed by atoms with Crippen LogP contribution in [0.4, 0.5) is 0 Å². The minimum atomic E-state index is -0.0803. The number of amides is 1. The van der Waals surface area contributed by atoms with Gasteiger partial charge in [-0.1, -0.05) is 49.4 Å². The van der Waals surface area contributed by atoms with E-state index in [0.29, 0.717) is 12.2 Å². The molecule has 0 aliphatic rings. The quantitative estimate of drug-likeness (QED) is 0.355. The second kappa shape index (κ2) is 10.7. The Kier molecular flexibility index (Phi) is 7.77. The SMILES string of the molecule is CCc1ccc(C(C)NC(=O)c2ccc(OCCSc3ccccc3)cc2)cc1. The molecule has 150 valence electrons. The Hall–Kier alpha value is -2.72. The molecular weight excluding hydrogens is 378 g/mol. The average Bonchev–Trinajstić information content (AvgIpc) is 2.78. The van der Waals surface area contributed by atoms with Gasteiger partial charge in [-0.2, -0.15) is 0 Å². The van der Waals surface area contributed by atoms with Crippen LogP contribution >= 0.6 is 11.8 Å². The molecule has 1 unspecified atom stereocenters. The lowest BCUT2D eigenvalue weighted by Gasteiger charge is -2.15. The number of hydrogen-bond donors (Lipinski definition) is 1. The Bertz CT molecular complexity index is 892. The molecule has 3 rings (SSSR count). The molecule has 0 heterocycles. The van der Waals surface area contributed by atoms with Crippen molar-refractivity contribution in [3.63, 3.8) is 0 Å². The summed E-state index contributed by atoms with van der Waals surface area (Å²) in [4.78, 5) is 13.8. The molecule has 3 nitrogen and oxygen atoms in total. The summed E-state index contributed by atoms with van der Waals surface area (Å²) in [7, 11) is 0. The average molecular weight is 406 g/mol. The molecule has 4 heteroatoms. The van der Waals surface area contributed by atoms with Crippen LogP contribution in [0, 0.1) is 0 Å². The van der Waals surface area contributed by atoms with Crippen LogP contribution in [-0.4, -0.2) is 18.3 Å². The van der Waals surface area contributed by atoms with E-state index in [9.17, 15) is 4.79 Å². The van der Waals surface area contributed by atoms with Gasteiger partial charge in [-0.25, -0.2) is 0 Å². The van der Waals surface area contributed by atoms with Gasteiger partial charge in [0.05, 0.1) is 12.6 Å². The van der Waals surface area contributed by atoms with Gasteiger partial charge in [-0.15, -0.1) is 11.8 Å². The molecule has 3 aromatic rings. The van der Waals surface area contributed by atoms with Crippen LogP contribution in [0.2, 0.25) is 0 Å². The van der Waals surface area contributed by atoms with Gasteiger partial charge in [-0.05, 0) is 60.9 Å². The fourth-order valence-corrected chi connectivity index (χ4v) is 3.70. The molecule has 3 aromatic carbocycles. The second-order valence-corrected chi connectivity index (χ2v) is 7.99. The largest absolute Gasteiger partial charge is 0.493 e. The fraction of sp³-hybridized carbons (Fsp3) is 0.240. The van der Waals surface area contributed by atoms with Gasteiger partial charge in [0.2, 0.25) is 0 Å². The van der Waals surface area contributed by atoms with Crippen molar-refractivity contribution in [1.82, 2.24) is 5.32 Å². The molecule has 1 amide bonds. The van der Waals surface area contributed by atoms with Crippen LogP contribution in [0.15, 0.2) is 83.8 Å². The number of aryl methyl sites for hydroxylation is 1. The molecule has 1 N–H and O–H groups in total. The maximum Gasteiger partial charge on any atom is 0.251 e. The van der Waals surface area contributed by atoms with Crippen LogP contribution < -0.4 is 10.1 Å². The van der Waals surface area contributed by atoms with E-state index < -0.39 is 0 Å². The molecule has 0 aliphatic heterocycles. The second-order valence-electron chi connectivity index (χ2n) is 6.82. The summed E-state index contributed by atoms with van der Waals surface area (Å²) in [6.45, 7) is 4.76. The highest BCUT2D eigenvalue weighted by molar-refractivity contribution is 7.99. The van der Waals surface area contributed by atoms with Crippen LogP contribution in [0.5, 0.6) is 5.75 Å². The topological polar surface area (TPSA) is 38.3 Å². The summed E-state index contributed by atoms with van der Waals surface area (Å²) in [5, 5.41) is 3.06. The lowest BCUT2D eigenvalue weighted by atomic mass is 10.0.